The molecule has 8 heavy (non-hydrogen) atoms. The summed E-state index contributed by atoms with van der Waals surface area (Å²) in [5, 5.41) is 0. The summed E-state index contributed by atoms with van der Waals surface area (Å²) in [4.78, 5) is 10.3. The third kappa shape index (κ3) is 4.90. The van der Waals surface area contributed by atoms with Crippen molar-refractivity contribution in [3.63, 3.8) is 0 Å². The fourth-order valence-corrected chi connectivity index (χ4v) is 3.10. The SMILES string of the molecule is C[CH2][Hg][O]C(=O)CS. The van der Waals surface area contributed by atoms with Crippen molar-refractivity contribution in [2.75, 3.05) is 5.75 Å². The molecule has 0 spiro atoms. The van der Waals surface area contributed by atoms with Crippen molar-refractivity contribution in [2.45, 2.75) is 10.9 Å². The van der Waals surface area contributed by atoms with Crippen LogP contribution in [-0.2, 0) is 32.5 Å². The molecule has 0 unspecified atom stereocenters. The molecule has 0 aliphatic carbocycles. The molecule has 0 aliphatic rings. The van der Waals surface area contributed by atoms with Crippen molar-refractivity contribution in [3.8, 4) is 0 Å². The van der Waals surface area contributed by atoms with Gasteiger partial charge in [0.1, 0.15) is 0 Å². The zero-order chi connectivity index (χ0) is 6.41. The molecule has 0 saturated heterocycles. The molecule has 0 N–H and O–H groups in total. The summed E-state index contributed by atoms with van der Waals surface area (Å²) >= 11 is 2.59. The van der Waals surface area contributed by atoms with Crippen LogP contribution in [0.5, 0.6) is 0 Å². The van der Waals surface area contributed by atoms with Gasteiger partial charge in [-0.15, -0.1) is 0 Å². The Bertz CT molecular complexity index is 76.4. The van der Waals surface area contributed by atoms with Crippen molar-refractivity contribution in [1.29, 1.82) is 0 Å². The van der Waals surface area contributed by atoms with Crippen LogP contribution in [0.1, 0.15) is 6.92 Å². The summed E-state index contributed by atoms with van der Waals surface area (Å²) in [5.74, 6) is 0.0943. The minimum atomic E-state index is -1.16. The molecular formula is C4H8HgO2S. The van der Waals surface area contributed by atoms with E-state index in [1.54, 1.807) is 0 Å². The Morgan fingerprint density at radius 1 is 1.88 bits per heavy atom. The third-order valence-electron chi connectivity index (χ3n) is 0.596. The van der Waals surface area contributed by atoms with Gasteiger partial charge in [0, 0.05) is 0 Å². The number of carbonyl (C=O) groups is 1. The molecule has 0 aromatic carbocycles. The van der Waals surface area contributed by atoms with E-state index in [-0.39, 0.29) is 11.7 Å². The molecule has 0 aromatic heterocycles. The van der Waals surface area contributed by atoms with Gasteiger partial charge in [0.15, 0.2) is 0 Å². The Morgan fingerprint density at radius 2 is 2.50 bits per heavy atom. The zero-order valence-corrected chi connectivity index (χ0v) is 11.3. The molecule has 44 valence electrons. The first-order valence-corrected chi connectivity index (χ1v) is 9.34. The van der Waals surface area contributed by atoms with Gasteiger partial charge in [-0.3, -0.25) is 0 Å². The fourth-order valence-electron chi connectivity index (χ4n) is 0.262. The van der Waals surface area contributed by atoms with E-state index in [0.29, 0.717) is 0 Å². The zero-order valence-electron chi connectivity index (χ0n) is 4.89. The van der Waals surface area contributed by atoms with Crippen LogP contribution >= 0.6 is 12.6 Å². The van der Waals surface area contributed by atoms with Crippen LogP contribution < -0.4 is 0 Å². The van der Waals surface area contributed by atoms with Crippen molar-refractivity contribution >= 4 is 18.6 Å². The molecule has 2 nitrogen and oxygen atoms in total. The van der Waals surface area contributed by atoms with Crippen LogP contribution in [0.4, 0.5) is 0 Å². The van der Waals surface area contributed by atoms with Gasteiger partial charge < -0.3 is 0 Å². The van der Waals surface area contributed by atoms with Crippen molar-refractivity contribution in [3.05, 3.63) is 0 Å². The quantitative estimate of drug-likeness (QED) is 0.617. The van der Waals surface area contributed by atoms with Crippen LogP contribution in [0.3, 0.4) is 0 Å². The number of hydrogen-bond donors (Lipinski definition) is 1. The van der Waals surface area contributed by atoms with Gasteiger partial charge in [0.25, 0.3) is 0 Å². The van der Waals surface area contributed by atoms with E-state index in [1.807, 2.05) is 6.92 Å². The second kappa shape index (κ2) is 5.88. The second-order valence-electron chi connectivity index (χ2n) is 1.38. The maximum absolute atomic E-state index is 10.3. The first-order valence-electron chi connectivity index (χ1n) is 2.57. The summed E-state index contributed by atoms with van der Waals surface area (Å²) in [6.07, 6.45) is 0. The van der Waals surface area contributed by atoms with E-state index in [0.717, 1.165) is 3.93 Å². The van der Waals surface area contributed by atoms with Crippen LogP contribution in [0.15, 0.2) is 0 Å². The predicted molar refractivity (Wildman–Crippen MR) is 30.4 cm³/mol. The first-order chi connectivity index (χ1) is 3.81. The van der Waals surface area contributed by atoms with E-state index >= 15 is 0 Å². The molecule has 0 fully saturated rings. The Hall–Kier alpha value is 0.755. The molecule has 0 saturated carbocycles. The molecule has 0 aromatic rings. The van der Waals surface area contributed by atoms with Crippen LogP contribution in [0.25, 0.3) is 0 Å². The van der Waals surface area contributed by atoms with Crippen LogP contribution in [0, 0.1) is 0 Å². The number of hydrogen-bond acceptors (Lipinski definition) is 3. The van der Waals surface area contributed by atoms with Gasteiger partial charge in [-0.2, -0.15) is 0 Å². The minimum absolute atomic E-state index is 0.142. The van der Waals surface area contributed by atoms with Gasteiger partial charge in [0.05, 0.1) is 0 Å². The fraction of sp³-hybridized carbons (Fsp3) is 0.750. The van der Waals surface area contributed by atoms with Crippen LogP contribution in [0.2, 0.25) is 3.93 Å². The summed E-state index contributed by atoms with van der Waals surface area (Å²) in [5.41, 5.74) is 0. The molecule has 0 rings (SSSR count). The van der Waals surface area contributed by atoms with Gasteiger partial charge >= 0.3 is 67.7 Å². The average molecular weight is 321 g/mol. The van der Waals surface area contributed by atoms with Gasteiger partial charge in [-0.25, -0.2) is 0 Å². The normalized spacial score (nSPS) is 7.75. The second-order valence-corrected chi connectivity index (χ2v) is 8.29. The summed E-state index contributed by atoms with van der Waals surface area (Å²) in [7, 11) is 0. The number of carbonyl (C=O) groups excluding carboxylic acids is 1. The van der Waals surface area contributed by atoms with E-state index < -0.39 is 25.0 Å². The van der Waals surface area contributed by atoms with E-state index in [1.165, 1.54) is 0 Å². The van der Waals surface area contributed by atoms with Crippen molar-refractivity contribution < 1.29 is 32.5 Å². The van der Waals surface area contributed by atoms with Crippen molar-refractivity contribution in [1.82, 2.24) is 0 Å². The first kappa shape index (κ1) is 8.76. The summed E-state index contributed by atoms with van der Waals surface area (Å²) < 4.78 is 5.94. The van der Waals surface area contributed by atoms with Crippen molar-refractivity contribution in [2.24, 2.45) is 0 Å². The third-order valence-corrected chi connectivity index (χ3v) is 4.49. The Labute approximate surface area is 67.5 Å². The molecule has 4 heteroatoms. The standard InChI is InChI=1S/C2H4O2S.C2H5.Hg/c3-2(4)1-5;1-2;/h5H,1H2,(H,3,4);1H2,2H3;/q;;+1/p-1. The molecule has 0 atom stereocenters. The van der Waals surface area contributed by atoms with Crippen LogP contribution in [-0.4, -0.2) is 11.7 Å². The summed E-state index contributed by atoms with van der Waals surface area (Å²) in [6, 6.07) is 0. The van der Waals surface area contributed by atoms with E-state index in [2.05, 4.69) is 12.6 Å². The van der Waals surface area contributed by atoms with Gasteiger partial charge in [-0.1, -0.05) is 0 Å². The summed E-state index contributed by atoms with van der Waals surface area (Å²) in [6.45, 7) is 2.05. The molecular weight excluding hydrogens is 313 g/mol. The Kier molecular flexibility index (Phi) is 6.44. The molecule has 0 aliphatic heterocycles. The molecule has 0 radical (unpaired) electrons. The Balaban J connectivity index is 2.99. The predicted octanol–water partition coefficient (Wildman–Crippen LogP) is 0.895. The maximum atomic E-state index is 10.3. The van der Waals surface area contributed by atoms with Gasteiger partial charge in [-0.05, 0) is 0 Å². The average Bonchev–Trinajstić information content (AvgIpc) is 1.83. The molecule has 0 amide bonds. The van der Waals surface area contributed by atoms with E-state index in [4.69, 9.17) is 2.64 Å². The number of rotatable bonds is 3. The van der Waals surface area contributed by atoms with Gasteiger partial charge in [0.2, 0.25) is 0 Å². The molecule has 0 heterocycles. The Morgan fingerprint density at radius 3 is 2.88 bits per heavy atom. The monoisotopic (exact) mass is 322 g/mol. The molecule has 0 bridgehead atoms. The topological polar surface area (TPSA) is 26.3 Å². The number of thiol groups is 1. The van der Waals surface area contributed by atoms with E-state index in [9.17, 15) is 4.79 Å².